The van der Waals surface area contributed by atoms with Crippen LogP contribution in [0.4, 0.5) is 0 Å². The smallest absolute Gasteiger partial charge is 0.303 e. The molecule has 1 fully saturated rings. The summed E-state index contributed by atoms with van der Waals surface area (Å²) in [6.45, 7) is 3.94. The van der Waals surface area contributed by atoms with Crippen LogP contribution in [0.25, 0.3) is 0 Å². The molecule has 0 amide bonds. The minimum absolute atomic E-state index is 0.0484. The highest BCUT2D eigenvalue weighted by Crippen LogP contribution is 2.26. The van der Waals surface area contributed by atoms with Gasteiger partial charge in [0, 0.05) is 37.3 Å². The lowest BCUT2D eigenvalue weighted by Gasteiger charge is -2.40. The van der Waals surface area contributed by atoms with E-state index in [4.69, 9.17) is 23.7 Å². The molecule has 0 aromatic rings. The second kappa shape index (κ2) is 11.1. The lowest BCUT2D eigenvalue weighted by molar-refractivity contribution is -0.282. The first kappa shape index (κ1) is 22.3. The van der Waals surface area contributed by atoms with Crippen molar-refractivity contribution in [1.29, 1.82) is 0 Å². The van der Waals surface area contributed by atoms with Crippen LogP contribution < -0.4 is 0 Å². The summed E-state index contributed by atoms with van der Waals surface area (Å²) in [4.78, 5) is 34.2. The maximum absolute atomic E-state index is 11.5. The lowest BCUT2D eigenvalue weighted by atomic mass is 10.0. The fraction of sp³-hybridized carbons (Fsp3) is 0.800. The van der Waals surface area contributed by atoms with Gasteiger partial charge in [0.15, 0.2) is 24.6 Å². The maximum atomic E-state index is 11.5. The Bertz CT molecular complexity index is 468. The third-order valence-corrected chi connectivity index (χ3v) is 5.07. The average molecular weight is 490 g/mol. The molecule has 4 atom stereocenters. The summed E-state index contributed by atoms with van der Waals surface area (Å²) in [6, 6.07) is 0. The van der Waals surface area contributed by atoms with Gasteiger partial charge < -0.3 is 23.7 Å². The van der Waals surface area contributed by atoms with Crippen LogP contribution in [0.3, 0.4) is 0 Å². The van der Waals surface area contributed by atoms with E-state index in [0.717, 1.165) is 0 Å². The molecule has 0 bridgehead atoms. The van der Waals surface area contributed by atoms with Gasteiger partial charge in [0.1, 0.15) is 0 Å². The quantitative estimate of drug-likeness (QED) is 0.288. The predicted molar refractivity (Wildman–Crippen MR) is 93.4 cm³/mol. The third-order valence-electron chi connectivity index (χ3n) is 3.24. The minimum atomic E-state index is -1.05. The summed E-state index contributed by atoms with van der Waals surface area (Å²) in [6.07, 6.45) is -3.91. The summed E-state index contributed by atoms with van der Waals surface area (Å²) < 4.78 is 26.9. The van der Waals surface area contributed by atoms with Crippen LogP contribution in [0.2, 0.25) is 0 Å². The third kappa shape index (κ3) is 7.59. The van der Waals surface area contributed by atoms with Crippen LogP contribution in [-0.4, -0.2) is 66.4 Å². The summed E-state index contributed by atoms with van der Waals surface area (Å²) in [5, 5.41) is 1.40. The van der Waals surface area contributed by atoms with E-state index in [-0.39, 0.29) is 12.5 Å². The Balaban J connectivity index is 2.94. The van der Waals surface area contributed by atoms with Crippen molar-refractivity contribution < 1.29 is 38.1 Å². The molecule has 0 aliphatic carbocycles. The van der Waals surface area contributed by atoms with Gasteiger partial charge in [0.25, 0.3) is 0 Å². The van der Waals surface area contributed by atoms with Crippen molar-refractivity contribution in [3.63, 3.8) is 0 Å². The van der Waals surface area contributed by atoms with Crippen LogP contribution in [0.15, 0.2) is 0 Å². The topological polar surface area (TPSA) is 97.4 Å². The molecule has 1 saturated heterocycles. The predicted octanol–water partition coefficient (Wildman–Crippen LogP) is 1.56. The molecule has 0 unspecified atom stereocenters. The molecule has 1 rings (SSSR count). The molecule has 10 heteroatoms. The molecule has 1 aliphatic rings. The van der Waals surface area contributed by atoms with Crippen LogP contribution in [0, 0.1) is 5.92 Å². The van der Waals surface area contributed by atoms with Gasteiger partial charge in [-0.15, -0.1) is 0 Å². The van der Waals surface area contributed by atoms with Crippen molar-refractivity contribution in [2.45, 2.75) is 45.4 Å². The van der Waals surface area contributed by atoms with Crippen molar-refractivity contribution in [3.8, 4) is 0 Å². The SMILES string of the molecule is CC(=O)O[C@@H]1[C@@H](OC(C)=O)[C@H](OCC(CBr)CBr)OC[C@H]1OC(C)=O. The van der Waals surface area contributed by atoms with Crippen LogP contribution in [0.1, 0.15) is 20.8 Å². The first-order valence-corrected chi connectivity index (χ1v) is 9.89. The number of hydrogen-bond donors (Lipinski definition) is 0. The minimum Gasteiger partial charge on any atom is -0.456 e. The Morgan fingerprint density at radius 2 is 1.48 bits per heavy atom. The van der Waals surface area contributed by atoms with Gasteiger partial charge >= 0.3 is 17.9 Å². The maximum Gasteiger partial charge on any atom is 0.303 e. The zero-order valence-corrected chi connectivity index (χ0v) is 17.4. The Kier molecular flexibility index (Phi) is 9.91. The van der Waals surface area contributed by atoms with Gasteiger partial charge in [0.05, 0.1) is 13.2 Å². The van der Waals surface area contributed by atoms with Crippen molar-refractivity contribution >= 4 is 49.8 Å². The van der Waals surface area contributed by atoms with E-state index in [1.165, 1.54) is 20.8 Å². The van der Waals surface area contributed by atoms with E-state index in [1.54, 1.807) is 0 Å². The number of rotatable bonds is 8. The molecule has 1 aliphatic heterocycles. The Morgan fingerprint density at radius 3 is 1.96 bits per heavy atom. The molecule has 0 saturated carbocycles. The molecule has 0 N–H and O–H groups in total. The summed E-state index contributed by atoms with van der Waals surface area (Å²) in [7, 11) is 0. The molecule has 0 radical (unpaired) electrons. The van der Waals surface area contributed by atoms with Crippen molar-refractivity contribution in [1.82, 2.24) is 0 Å². The van der Waals surface area contributed by atoms with Gasteiger partial charge in [-0.25, -0.2) is 0 Å². The first-order valence-electron chi connectivity index (χ1n) is 7.65. The molecule has 8 nitrogen and oxygen atoms in total. The standard InChI is InChI=1S/C15H22Br2O8/c1-8(18)23-12-7-22-15(21-6-11(4-16)5-17)14(25-10(3)20)13(12)24-9(2)19/h11-15H,4-7H2,1-3H3/t12-,13+,14-,15-/m1/s1. The summed E-state index contributed by atoms with van der Waals surface area (Å²) in [5.74, 6) is -1.59. The number of carbonyl (C=O) groups excluding carboxylic acids is 3. The van der Waals surface area contributed by atoms with Crippen LogP contribution in [0.5, 0.6) is 0 Å². The largest absolute Gasteiger partial charge is 0.456 e. The van der Waals surface area contributed by atoms with E-state index in [2.05, 4.69) is 31.9 Å². The Morgan fingerprint density at radius 1 is 0.960 bits per heavy atom. The first-order chi connectivity index (χ1) is 11.8. The van der Waals surface area contributed by atoms with Gasteiger partial charge in [0.2, 0.25) is 0 Å². The molecule has 0 aromatic carbocycles. The molecule has 144 valence electrons. The summed E-state index contributed by atoms with van der Waals surface area (Å²) in [5.41, 5.74) is 0. The van der Waals surface area contributed by atoms with Crippen molar-refractivity contribution in [2.75, 3.05) is 23.9 Å². The molecular formula is C15H22Br2O8. The van der Waals surface area contributed by atoms with E-state index in [1.807, 2.05) is 0 Å². The van der Waals surface area contributed by atoms with Gasteiger partial charge in [-0.05, 0) is 0 Å². The van der Waals surface area contributed by atoms with Crippen LogP contribution in [-0.2, 0) is 38.1 Å². The highest BCUT2D eigenvalue weighted by Gasteiger charge is 2.47. The Hall–Kier alpha value is -0.710. The average Bonchev–Trinajstić information content (AvgIpc) is 2.51. The highest BCUT2D eigenvalue weighted by molar-refractivity contribution is 9.09. The molecular weight excluding hydrogens is 468 g/mol. The fourth-order valence-corrected chi connectivity index (χ4v) is 3.66. The number of halogens is 2. The Labute approximate surface area is 163 Å². The van der Waals surface area contributed by atoms with Gasteiger partial charge in [-0.3, -0.25) is 14.4 Å². The molecule has 0 spiro atoms. The number of esters is 3. The van der Waals surface area contributed by atoms with E-state index < -0.39 is 42.5 Å². The second-order valence-electron chi connectivity index (χ2n) is 5.51. The van der Waals surface area contributed by atoms with Crippen molar-refractivity contribution in [3.05, 3.63) is 0 Å². The van der Waals surface area contributed by atoms with E-state index in [9.17, 15) is 14.4 Å². The van der Waals surface area contributed by atoms with E-state index in [0.29, 0.717) is 17.3 Å². The lowest BCUT2D eigenvalue weighted by Crippen LogP contribution is -2.58. The normalized spacial score (nSPS) is 26.2. The number of ether oxygens (including phenoxy) is 5. The molecule has 1 heterocycles. The van der Waals surface area contributed by atoms with E-state index >= 15 is 0 Å². The zero-order chi connectivity index (χ0) is 19.0. The number of alkyl halides is 2. The van der Waals surface area contributed by atoms with Crippen LogP contribution >= 0.6 is 31.9 Å². The zero-order valence-electron chi connectivity index (χ0n) is 14.2. The monoisotopic (exact) mass is 488 g/mol. The molecule has 0 aromatic heterocycles. The number of hydrogen-bond acceptors (Lipinski definition) is 8. The van der Waals surface area contributed by atoms with Gasteiger partial charge in [-0.2, -0.15) is 0 Å². The fourth-order valence-electron chi connectivity index (χ4n) is 2.21. The number of carbonyl (C=O) groups is 3. The molecule has 25 heavy (non-hydrogen) atoms. The van der Waals surface area contributed by atoms with Crippen molar-refractivity contribution in [2.24, 2.45) is 5.92 Å². The van der Waals surface area contributed by atoms with Gasteiger partial charge in [-0.1, -0.05) is 31.9 Å². The summed E-state index contributed by atoms with van der Waals surface area (Å²) >= 11 is 6.75. The second-order valence-corrected chi connectivity index (χ2v) is 6.80. The highest BCUT2D eigenvalue weighted by atomic mass is 79.9.